The van der Waals surface area contributed by atoms with Crippen LogP contribution in [0.1, 0.15) is 0 Å². The molecule has 0 unspecified atom stereocenters. The topological polar surface area (TPSA) is 45.1 Å². The zero-order chi connectivity index (χ0) is 12.5. The normalized spacial score (nSPS) is 10.7. The van der Waals surface area contributed by atoms with E-state index in [0.29, 0.717) is 5.02 Å². The van der Waals surface area contributed by atoms with Crippen LogP contribution >= 0.6 is 22.9 Å². The smallest absolute Gasteiger partial charge is 0.188 e. The van der Waals surface area contributed by atoms with Crippen LogP contribution < -0.4 is 5.32 Å². The van der Waals surface area contributed by atoms with Crippen molar-refractivity contribution >= 4 is 44.0 Å². The van der Waals surface area contributed by atoms with Gasteiger partial charge in [-0.1, -0.05) is 35.1 Å². The fraction of sp³-hybridized carbons (Fsp3) is 0. The van der Waals surface area contributed by atoms with E-state index in [1.807, 2.05) is 24.3 Å². The number of para-hydroxylation sites is 1. The van der Waals surface area contributed by atoms with E-state index in [-0.39, 0.29) is 5.75 Å². The minimum Gasteiger partial charge on any atom is -0.506 e. The summed E-state index contributed by atoms with van der Waals surface area (Å²) in [5, 5.41) is 13.6. The number of aromatic hydroxyl groups is 1. The SMILES string of the molecule is Oc1ccc(Nc2nc3ccccc3s2)cc1Cl. The number of thiazole rings is 1. The fourth-order valence-electron chi connectivity index (χ4n) is 1.63. The number of hydrogen-bond donors (Lipinski definition) is 2. The van der Waals surface area contributed by atoms with Crippen LogP contribution in [0.4, 0.5) is 10.8 Å². The maximum Gasteiger partial charge on any atom is 0.188 e. The molecule has 0 aliphatic rings. The quantitative estimate of drug-likeness (QED) is 0.682. The molecule has 2 N–H and O–H groups in total. The fourth-order valence-corrected chi connectivity index (χ4v) is 2.70. The van der Waals surface area contributed by atoms with Crippen molar-refractivity contribution in [3.05, 3.63) is 47.5 Å². The highest BCUT2D eigenvalue weighted by Gasteiger charge is 2.04. The highest BCUT2D eigenvalue weighted by atomic mass is 35.5. The second kappa shape index (κ2) is 4.48. The van der Waals surface area contributed by atoms with Crippen molar-refractivity contribution in [1.29, 1.82) is 0 Å². The first-order valence-corrected chi connectivity index (χ1v) is 6.53. The molecule has 18 heavy (non-hydrogen) atoms. The zero-order valence-electron chi connectivity index (χ0n) is 9.22. The number of hydrogen-bond acceptors (Lipinski definition) is 4. The van der Waals surface area contributed by atoms with Gasteiger partial charge in [-0.05, 0) is 30.3 Å². The molecule has 0 spiro atoms. The Morgan fingerprint density at radius 2 is 2.00 bits per heavy atom. The Kier molecular flexibility index (Phi) is 2.81. The number of nitrogens with zero attached hydrogens (tertiary/aromatic N) is 1. The molecule has 0 fully saturated rings. The van der Waals surface area contributed by atoms with E-state index in [0.717, 1.165) is 21.0 Å². The molecule has 3 rings (SSSR count). The van der Waals surface area contributed by atoms with Gasteiger partial charge >= 0.3 is 0 Å². The molecule has 1 heterocycles. The Hall–Kier alpha value is -1.78. The third-order valence-electron chi connectivity index (χ3n) is 2.49. The molecular weight excluding hydrogens is 268 g/mol. The van der Waals surface area contributed by atoms with Crippen LogP contribution in [-0.2, 0) is 0 Å². The Bertz CT molecular complexity index is 678. The van der Waals surface area contributed by atoms with Gasteiger partial charge in [-0.25, -0.2) is 4.98 Å². The van der Waals surface area contributed by atoms with Gasteiger partial charge in [0.2, 0.25) is 0 Å². The summed E-state index contributed by atoms with van der Waals surface area (Å²) in [6.45, 7) is 0. The van der Waals surface area contributed by atoms with Crippen LogP contribution in [-0.4, -0.2) is 10.1 Å². The number of phenolic OH excluding ortho intramolecular Hbond substituents is 1. The van der Waals surface area contributed by atoms with Crippen LogP contribution in [0.25, 0.3) is 10.2 Å². The lowest BCUT2D eigenvalue weighted by atomic mass is 10.3. The number of aromatic nitrogens is 1. The molecule has 0 saturated heterocycles. The minimum absolute atomic E-state index is 0.0755. The van der Waals surface area contributed by atoms with Crippen LogP contribution in [0, 0.1) is 0 Å². The second-order valence-corrected chi connectivity index (χ2v) is 5.22. The van der Waals surface area contributed by atoms with E-state index in [4.69, 9.17) is 11.6 Å². The first kappa shape index (κ1) is 11.3. The summed E-state index contributed by atoms with van der Waals surface area (Å²) < 4.78 is 1.13. The Balaban J connectivity index is 1.93. The summed E-state index contributed by atoms with van der Waals surface area (Å²) in [6.07, 6.45) is 0. The number of phenols is 1. The van der Waals surface area contributed by atoms with E-state index in [1.54, 1.807) is 29.5 Å². The van der Waals surface area contributed by atoms with Gasteiger partial charge in [0.1, 0.15) is 5.75 Å². The van der Waals surface area contributed by atoms with E-state index >= 15 is 0 Å². The summed E-state index contributed by atoms with van der Waals surface area (Å²) >= 11 is 7.43. The molecule has 0 atom stereocenters. The molecule has 3 aromatic rings. The van der Waals surface area contributed by atoms with E-state index in [2.05, 4.69) is 10.3 Å². The molecule has 0 aliphatic heterocycles. The molecule has 0 saturated carbocycles. The van der Waals surface area contributed by atoms with Gasteiger partial charge < -0.3 is 10.4 Å². The lowest BCUT2D eigenvalue weighted by Gasteiger charge is -2.03. The van der Waals surface area contributed by atoms with Crippen LogP contribution in [0.3, 0.4) is 0 Å². The Labute approximate surface area is 113 Å². The Morgan fingerprint density at radius 3 is 2.78 bits per heavy atom. The molecule has 90 valence electrons. The van der Waals surface area contributed by atoms with E-state index in [1.165, 1.54) is 0 Å². The molecule has 0 aliphatic carbocycles. The number of rotatable bonds is 2. The largest absolute Gasteiger partial charge is 0.506 e. The first-order chi connectivity index (χ1) is 8.72. The lowest BCUT2D eigenvalue weighted by molar-refractivity contribution is 0.475. The van der Waals surface area contributed by atoms with Gasteiger partial charge in [0.05, 0.1) is 15.2 Å². The highest BCUT2D eigenvalue weighted by Crippen LogP contribution is 2.31. The number of nitrogens with one attached hydrogen (secondary N) is 1. The number of anilines is 2. The predicted octanol–water partition coefficient (Wildman–Crippen LogP) is 4.40. The van der Waals surface area contributed by atoms with E-state index < -0.39 is 0 Å². The molecule has 0 amide bonds. The maximum absolute atomic E-state index is 9.35. The van der Waals surface area contributed by atoms with Crippen molar-refractivity contribution in [2.75, 3.05) is 5.32 Å². The van der Waals surface area contributed by atoms with Crippen molar-refractivity contribution < 1.29 is 5.11 Å². The van der Waals surface area contributed by atoms with Crippen molar-refractivity contribution in [2.45, 2.75) is 0 Å². The summed E-state index contributed by atoms with van der Waals surface area (Å²) in [4.78, 5) is 4.46. The van der Waals surface area contributed by atoms with Crippen LogP contribution in [0.2, 0.25) is 5.02 Å². The van der Waals surface area contributed by atoms with Gasteiger partial charge in [-0.2, -0.15) is 0 Å². The molecule has 0 bridgehead atoms. The van der Waals surface area contributed by atoms with Crippen LogP contribution in [0.5, 0.6) is 5.75 Å². The molecular formula is C13H9ClN2OS. The average molecular weight is 277 g/mol. The van der Waals surface area contributed by atoms with Crippen molar-refractivity contribution in [3.8, 4) is 5.75 Å². The molecule has 5 heteroatoms. The molecule has 2 aromatic carbocycles. The van der Waals surface area contributed by atoms with Crippen molar-refractivity contribution in [1.82, 2.24) is 4.98 Å². The van der Waals surface area contributed by atoms with Gasteiger partial charge in [-0.15, -0.1) is 0 Å². The van der Waals surface area contributed by atoms with Crippen molar-refractivity contribution in [3.63, 3.8) is 0 Å². The van der Waals surface area contributed by atoms with Crippen molar-refractivity contribution in [2.24, 2.45) is 0 Å². The number of benzene rings is 2. The number of halogens is 1. The maximum atomic E-state index is 9.35. The van der Waals surface area contributed by atoms with Gasteiger partial charge in [0, 0.05) is 5.69 Å². The average Bonchev–Trinajstić information content (AvgIpc) is 2.76. The summed E-state index contributed by atoms with van der Waals surface area (Å²) in [5.41, 5.74) is 1.77. The van der Waals surface area contributed by atoms with Gasteiger partial charge in [0.15, 0.2) is 5.13 Å². The summed E-state index contributed by atoms with van der Waals surface area (Å²) in [6, 6.07) is 12.9. The standard InChI is InChI=1S/C13H9ClN2OS/c14-9-7-8(5-6-11(9)17)15-13-16-10-3-1-2-4-12(10)18-13/h1-7,17H,(H,15,16). The third kappa shape index (κ3) is 2.12. The Morgan fingerprint density at radius 1 is 1.17 bits per heavy atom. The minimum atomic E-state index is 0.0755. The van der Waals surface area contributed by atoms with E-state index in [9.17, 15) is 5.11 Å². The highest BCUT2D eigenvalue weighted by molar-refractivity contribution is 7.22. The number of fused-ring (bicyclic) bond motifs is 1. The summed E-state index contributed by atoms with van der Waals surface area (Å²) in [7, 11) is 0. The zero-order valence-corrected chi connectivity index (χ0v) is 10.8. The molecule has 0 radical (unpaired) electrons. The van der Waals surface area contributed by atoms with Gasteiger partial charge in [0.25, 0.3) is 0 Å². The third-order valence-corrected chi connectivity index (χ3v) is 3.75. The first-order valence-electron chi connectivity index (χ1n) is 5.33. The molecule has 1 aromatic heterocycles. The lowest BCUT2D eigenvalue weighted by Crippen LogP contribution is -1.88. The summed E-state index contributed by atoms with van der Waals surface area (Å²) in [5.74, 6) is 0.0755. The van der Waals surface area contributed by atoms with Crippen LogP contribution in [0.15, 0.2) is 42.5 Å². The molecule has 3 nitrogen and oxygen atoms in total. The predicted molar refractivity (Wildman–Crippen MR) is 76.0 cm³/mol. The second-order valence-electron chi connectivity index (χ2n) is 3.78. The monoisotopic (exact) mass is 276 g/mol. The van der Waals surface area contributed by atoms with Gasteiger partial charge in [-0.3, -0.25) is 0 Å².